The molecule has 8 aromatic carbocycles. The van der Waals surface area contributed by atoms with Gasteiger partial charge in [0.25, 0.3) is 0 Å². The number of para-hydroxylation sites is 1. The summed E-state index contributed by atoms with van der Waals surface area (Å²) in [5.41, 5.74) is 16.6. The number of fused-ring (bicyclic) bond motifs is 14. The molecule has 1 nitrogen and oxygen atoms in total. The molecule has 0 radical (unpaired) electrons. The predicted molar refractivity (Wildman–Crippen MR) is 213 cm³/mol. The number of furan rings is 1. The van der Waals surface area contributed by atoms with Crippen molar-refractivity contribution in [2.45, 2.75) is 0 Å². The lowest BCUT2D eigenvalue weighted by Crippen LogP contribution is -1.98. The Hall–Kier alpha value is -6.22. The fourth-order valence-corrected chi connectivity index (χ4v) is 9.17. The molecule has 0 saturated heterocycles. The molecule has 0 bridgehead atoms. The van der Waals surface area contributed by atoms with Gasteiger partial charge in [0.2, 0.25) is 0 Å². The summed E-state index contributed by atoms with van der Waals surface area (Å²) >= 11 is 1.87. The molecular formula is C48H28OS. The summed E-state index contributed by atoms with van der Waals surface area (Å²) in [7, 11) is 0. The van der Waals surface area contributed by atoms with Gasteiger partial charge in [-0.25, -0.2) is 0 Å². The molecule has 50 heavy (non-hydrogen) atoms. The Labute approximate surface area is 293 Å². The van der Waals surface area contributed by atoms with Crippen molar-refractivity contribution in [2.24, 2.45) is 0 Å². The Morgan fingerprint density at radius 3 is 1.42 bits per heavy atom. The maximum absolute atomic E-state index is 6.17. The second kappa shape index (κ2) is 10.6. The van der Waals surface area contributed by atoms with Gasteiger partial charge in [-0.15, -0.1) is 11.3 Å². The fourth-order valence-electron chi connectivity index (χ4n) is 8.08. The Kier molecular flexibility index (Phi) is 5.89. The van der Waals surface area contributed by atoms with Crippen molar-refractivity contribution in [3.8, 4) is 66.8 Å². The quantitative estimate of drug-likeness (QED) is 0.181. The molecule has 2 aromatic heterocycles. The van der Waals surface area contributed by atoms with Crippen molar-refractivity contribution in [3.05, 3.63) is 170 Å². The van der Waals surface area contributed by atoms with E-state index in [4.69, 9.17) is 4.42 Å². The van der Waals surface area contributed by atoms with Crippen molar-refractivity contribution >= 4 is 53.4 Å². The molecule has 0 fully saturated rings. The molecular weight excluding hydrogens is 625 g/mol. The van der Waals surface area contributed by atoms with Crippen molar-refractivity contribution < 1.29 is 4.42 Å². The van der Waals surface area contributed by atoms with Crippen LogP contribution < -0.4 is 0 Å². The first-order chi connectivity index (χ1) is 24.8. The minimum Gasteiger partial charge on any atom is -0.456 e. The number of hydrogen-bond acceptors (Lipinski definition) is 2. The smallest absolute Gasteiger partial charge is 0.135 e. The van der Waals surface area contributed by atoms with Crippen LogP contribution in [0.1, 0.15) is 0 Å². The van der Waals surface area contributed by atoms with Gasteiger partial charge in [-0.1, -0.05) is 121 Å². The summed E-state index contributed by atoms with van der Waals surface area (Å²) in [5, 5.41) is 4.93. The van der Waals surface area contributed by atoms with Crippen molar-refractivity contribution in [1.29, 1.82) is 0 Å². The minimum absolute atomic E-state index is 0.915. The molecule has 1 aliphatic carbocycles. The standard InChI is InChI=1S/C48H28OS/c1-2-11-35-33(9-1)34-10-3-4-12-36(34)41-25-29(31-19-23-46-43(27-31)39-13-5-7-15-45(39)49-46)18-22-38(41)42-26-30(17-21-37(35)42)32-20-24-48-44(28-32)40-14-6-8-16-47(40)50-48/h1-28H. The Morgan fingerprint density at radius 1 is 0.280 bits per heavy atom. The third-order valence-electron chi connectivity index (χ3n) is 10.5. The molecule has 0 amide bonds. The topological polar surface area (TPSA) is 13.1 Å². The van der Waals surface area contributed by atoms with Gasteiger partial charge in [-0.2, -0.15) is 0 Å². The number of benzene rings is 8. The maximum Gasteiger partial charge on any atom is 0.135 e. The zero-order chi connectivity index (χ0) is 32.8. The van der Waals surface area contributed by atoms with Crippen LogP contribution in [0.3, 0.4) is 0 Å². The van der Waals surface area contributed by atoms with E-state index in [2.05, 4.69) is 158 Å². The van der Waals surface area contributed by atoms with Crippen molar-refractivity contribution in [1.82, 2.24) is 0 Å². The average Bonchev–Trinajstić information content (AvgIpc) is 3.75. The SMILES string of the molecule is c1ccc2c(c1)-c1ccccc1-c1cc(-c3ccc4oc5ccccc5c4c3)ccc1-c1cc(-c3ccc4sc5ccccc5c4c3)ccc1-2. The summed E-state index contributed by atoms with van der Waals surface area (Å²) < 4.78 is 8.83. The Bertz CT molecular complexity index is 2850. The van der Waals surface area contributed by atoms with E-state index in [9.17, 15) is 0 Å². The van der Waals surface area contributed by atoms with Gasteiger partial charge in [0, 0.05) is 30.9 Å². The molecule has 232 valence electrons. The second-order valence-corrected chi connectivity index (χ2v) is 14.3. The molecule has 0 aliphatic heterocycles. The lowest BCUT2D eigenvalue weighted by molar-refractivity contribution is 0.669. The van der Waals surface area contributed by atoms with Gasteiger partial charge >= 0.3 is 0 Å². The van der Waals surface area contributed by atoms with Crippen LogP contribution in [0.15, 0.2) is 174 Å². The normalized spacial score (nSPS) is 12.0. The third-order valence-corrected chi connectivity index (χ3v) is 11.6. The highest BCUT2D eigenvalue weighted by Crippen LogP contribution is 2.50. The summed E-state index contributed by atoms with van der Waals surface area (Å²) in [5.74, 6) is 0. The molecule has 0 atom stereocenters. The molecule has 0 saturated carbocycles. The summed E-state index contributed by atoms with van der Waals surface area (Å²) in [6.45, 7) is 0. The van der Waals surface area contributed by atoms with Crippen LogP contribution in [0.5, 0.6) is 0 Å². The van der Waals surface area contributed by atoms with E-state index in [-0.39, 0.29) is 0 Å². The van der Waals surface area contributed by atoms with Crippen LogP contribution in [-0.4, -0.2) is 0 Å². The average molecular weight is 653 g/mol. The maximum atomic E-state index is 6.17. The van der Waals surface area contributed by atoms with E-state index < -0.39 is 0 Å². The van der Waals surface area contributed by atoms with E-state index >= 15 is 0 Å². The van der Waals surface area contributed by atoms with Crippen LogP contribution in [0, 0.1) is 0 Å². The van der Waals surface area contributed by atoms with E-state index in [0.29, 0.717) is 0 Å². The van der Waals surface area contributed by atoms with E-state index in [1.807, 2.05) is 23.5 Å². The first-order valence-electron chi connectivity index (χ1n) is 17.1. The Balaban J connectivity index is 1.15. The van der Waals surface area contributed by atoms with Gasteiger partial charge in [0.15, 0.2) is 0 Å². The van der Waals surface area contributed by atoms with Crippen LogP contribution in [0.2, 0.25) is 0 Å². The Morgan fingerprint density at radius 2 is 0.720 bits per heavy atom. The van der Waals surface area contributed by atoms with Gasteiger partial charge < -0.3 is 4.42 Å². The van der Waals surface area contributed by atoms with Gasteiger partial charge in [0.05, 0.1) is 0 Å². The van der Waals surface area contributed by atoms with Gasteiger partial charge in [-0.3, -0.25) is 0 Å². The van der Waals surface area contributed by atoms with Gasteiger partial charge in [-0.05, 0) is 115 Å². The van der Waals surface area contributed by atoms with E-state index in [1.54, 1.807) is 0 Å². The largest absolute Gasteiger partial charge is 0.456 e. The first kappa shape index (κ1) is 27.7. The predicted octanol–water partition coefficient (Wildman–Crippen LogP) is 14.3. The van der Waals surface area contributed by atoms with E-state index in [0.717, 1.165) is 21.9 Å². The molecule has 1 aliphatic rings. The lowest BCUT2D eigenvalue weighted by atomic mass is 9.79. The lowest BCUT2D eigenvalue weighted by Gasteiger charge is -2.24. The summed E-state index contributed by atoms with van der Waals surface area (Å²) in [4.78, 5) is 0. The third kappa shape index (κ3) is 4.13. The van der Waals surface area contributed by atoms with E-state index in [1.165, 1.54) is 86.9 Å². The molecule has 0 unspecified atom stereocenters. The number of thiophene rings is 1. The molecule has 0 spiro atoms. The highest BCUT2D eigenvalue weighted by molar-refractivity contribution is 7.25. The number of rotatable bonds is 2. The zero-order valence-corrected chi connectivity index (χ0v) is 27.8. The van der Waals surface area contributed by atoms with Crippen molar-refractivity contribution in [2.75, 3.05) is 0 Å². The first-order valence-corrected chi connectivity index (χ1v) is 17.9. The second-order valence-electron chi connectivity index (χ2n) is 13.2. The van der Waals surface area contributed by atoms with Crippen LogP contribution in [0.4, 0.5) is 0 Å². The highest BCUT2D eigenvalue weighted by Gasteiger charge is 2.23. The molecule has 0 N–H and O–H groups in total. The molecule has 11 rings (SSSR count). The summed E-state index contributed by atoms with van der Waals surface area (Å²) in [6, 6.07) is 62.4. The highest BCUT2D eigenvalue weighted by atomic mass is 32.1. The summed E-state index contributed by atoms with van der Waals surface area (Å²) in [6.07, 6.45) is 0. The zero-order valence-electron chi connectivity index (χ0n) is 27.0. The van der Waals surface area contributed by atoms with Crippen LogP contribution in [0.25, 0.3) is 109 Å². The monoisotopic (exact) mass is 652 g/mol. The number of hydrogen-bond donors (Lipinski definition) is 0. The molecule has 10 aromatic rings. The van der Waals surface area contributed by atoms with Crippen LogP contribution >= 0.6 is 11.3 Å². The van der Waals surface area contributed by atoms with Crippen molar-refractivity contribution in [3.63, 3.8) is 0 Å². The molecule has 2 heterocycles. The minimum atomic E-state index is 0.915. The fraction of sp³-hybridized carbons (Fsp3) is 0. The van der Waals surface area contributed by atoms with Crippen LogP contribution in [-0.2, 0) is 0 Å². The molecule has 2 heteroatoms. The van der Waals surface area contributed by atoms with Gasteiger partial charge in [0.1, 0.15) is 11.2 Å².